The Bertz CT molecular complexity index is 634. The molecule has 1 fully saturated rings. The van der Waals surface area contributed by atoms with Gasteiger partial charge in [0, 0.05) is 6.20 Å². The summed E-state index contributed by atoms with van der Waals surface area (Å²) in [6.45, 7) is 0.523. The number of aliphatic imine (C=N–C) groups is 1. The van der Waals surface area contributed by atoms with Gasteiger partial charge >= 0.3 is 0 Å². The summed E-state index contributed by atoms with van der Waals surface area (Å²) in [6, 6.07) is 13.7. The first-order valence-corrected chi connectivity index (χ1v) is 8.03. The number of hydrogen-bond acceptors (Lipinski definition) is 3. The number of benzene rings is 1. The lowest BCUT2D eigenvalue weighted by Gasteiger charge is -2.13. The van der Waals surface area contributed by atoms with E-state index in [4.69, 9.17) is 10.5 Å². The van der Waals surface area contributed by atoms with E-state index >= 15 is 0 Å². The Kier molecular flexibility index (Phi) is 5.09. The van der Waals surface area contributed by atoms with Crippen LogP contribution in [0.4, 0.5) is 5.82 Å². The minimum Gasteiger partial charge on any atom is -0.490 e. The standard InChI is InChI=1S/C18H22N4O/c19-18(22-17-7-3-4-12-20-17)21-13-14-8-10-16(11-9-14)23-15-5-1-2-6-15/h3-4,7-12,15H,1-2,5-6,13H2,(H3,19,20,21,22). The lowest BCUT2D eigenvalue weighted by molar-refractivity contribution is 0.210. The zero-order chi connectivity index (χ0) is 15.9. The van der Waals surface area contributed by atoms with Gasteiger partial charge in [0.25, 0.3) is 0 Å². The Balaban J connectivity index is 1.52. The fraction of sp³-hybridized carbons (Fsp3) is 0.333. The second kappa shape index (κ2) is 7.63. The molecule has 0 saturated heterocycles. The molecule has 0 unspecified atom stereocenters. The summed E-state index contributed by atoms with van der Waals surface area (Å²) in [5.41, 5.74) is 6.96. The smallest absolute Gasteiger partial charge is 0.194 e. The van der Waals surface area contributed by atoms with Crippen molar-refractivity contribution in [3.63, 3.8) is 0 Å². The van der Waals surface area contributed by atoms with Crippen molar-refractivity contribution in [1.29, 1.82) is 0 Å². The molecule has 2 aromatic rings. The second-order valence-corrected chi connectivity index (χ2v) is 5.71. The Morgan fingerprint density at radius 1 is 1.17 bits per heavy atom. The second-order valence-electron chi connectivity index (χ2n) is 5.71. The van der Waals surface area contributed by atoms with Crippen LogP contribution in [0.1, 0.15) is 31.2 Å². The highest BCUT2D eigenvalue weighted by atomic mass is 16.5. The topological polar surface area (TPSA) is 72.5 Å². The minimum absolute atomic E-state index is 0.356. The highest BCUT2D eigenvalue weighted by Crippen LogP contribution is 2.24. The largest absolute Gasteiger partial charge is 0.490 e. The molecule has 0 aliphatic heterocycles. The third kappa shape index (κ3) is 4.71. The fourth-order valence-corrected chi connectivity index (χ4v) is 2.66. The van der Waals surface area contributed by atoms with Crippen molar-refractivity contribution in [1.82, 2.24) is 4.98 Å². The Labute approximate surface area is 136 Å². The summed E-state index contributed by atoms with van der Waals surface area (Å²) in [7, 11) is 0. The van der Waals surface area contributed by atoms with E-state index in [0.717, 1.165) is 11.3 Å². The van der Waals surface area contributed by atoms with Crippen molar-refractivity contribution < 1.29 is 4.74 Å². The number of ether oxygens (including phenoxy) is 1. The molecule has 1 saturated carbocycles. The van der Waals surface area contributed by atoms with Crippen molar-refractivity contribution in [2.75, 3.05) is 5.32 Å². The van der Waals surface area contributed by atoms with Crippen molar-refractivity contribution in [3.8, 4) is 5.75 Å². The molecule has 3 N–H and O–H groups in total. The van der Waals surface area contributed by atoms with Gasteiger partial charge in [0.1, 0.15) is 11.6 Å². The molecule has 23 heavy (non-hydrogen) atoms. The van der Waals surface area contributed by atoms with Gasteiger partial charge < -0.3 is 15.8 Å². The van der Waals surface area contributed by atoms with Crippen molar-refractivity contribution in [2.45, 2.75) is 38.3 Å². The van der Waals surface area contributed by atoms with E-state index in [1.165, 1.54) is 25.7 Å². The molecule has 1 aliphatic rings. The summed E-state index contributed by atoms with van der Waals surface area (Å²) in [5.74, 6) is 1.98. The maximum Gasteiger partial charge on any atom is 0.194 e. The average molecular weight is 310 g/mol. The van der Waals surface area contributed by atoms with Crippen LogP contribution in [0.5, 0.6) is 5.75 Å². The molecule has 0 spiro atoms. The third-order valence-electron chi connectivity index (χ3n) is 3.88. The van der Waals surface area contributed by atoms with E-state index in [1.54, 1.807) is 6.20 Å². The molecule has 1 aliphatic carbocycles. The quantitative estimate of drug-likeness (QED) is 0.656. The van der Waals surface area contributed by atoms with Gasteiger partial charge in [-0.25, -0.2) is 9.98 Å². The SMILES string of the molecule is NC(=NCc1ccc(OC2CCCC2)cc1)Nc1ccccn1. The molecule has 0 atom stereocenters. The first kappa shape index (κ1) is 15.3. The Morgan fingerprint density at radius 2 is 1.96 bits per heavy atom. The zero-order valence-corrected chi connectivity index (χ0v) is 13.1. The van der Waals surface area contributed by atoms with Gasteiger partial charge in [-0.15, -0.1) is 0 Å². The summed E-state index contributed by atoms with van der Waals surface area (Å²) >= 11 is 0. The first-order valence-electron chi connectivity index (χ1n) is 8.03. The number of hydrogen-bond donors (Lipinski definition) is 2. The van der Waals surface area contributed by atoms with E-state index in [0.29, 0.717) is 24.4 Å². The maximum absolute atomic E-state index is 5.95. The maximum atomic E-state index is 5.95. The summed E-state index contributed by atoms with van der Waals surface area (Å²) in [4.78, 5) is 8.47. The molecule has 1 aromatic heterocycles. The van der Waals surface area contributed by atoms with E-state index in [1.807, 2.05) is 42.5 Å². The van der Waals surface area contributed by atoms with Crippen LogP contribution in [-0.4, -0.2) is 17.0 Å². The number of nitrogens with one attached hydrogen (secondary N) is 1. The number of pyridine rings is 1. The Hall–Kier alpha value is -2.56. The molecule has 0 amide bonds. The van der Waals surface area contributed by atoms with Gasteiger partial charge in [0.15, 0.2) is 5.96 Å². The van der Waals surface area contributed by atoms with Gasteiger partial charge in [0.2, 0.25) is 0 Å². The van der Waals surface area contributed by atoms with Crippen LogP contribution in [0, 0.1) is 0 Å². The summed E-state index contributed by atoms with van der Waals surface area (Å²) in [5, 5.41) is 2.96. The molecule has 0 radical (unpaired) electrons. The number of nitrogens with zero attached hydrogens (tertiary/aromatic N) is 2. The van der Waals surface area contributed by atoms with E-state index in [2.05, 4.69) is 15.3 Å². The van der Waals surface area contributed by atoms with Crippen molar-refractivity contribution >= 4 is 11.8 Å². The van der Waals surface area contributed by atoms with Crippen LogP contribution < -0.4 is 15.8 Å². The number of rotatable bonds is 5. The summed E-state index contributed by atoms with van der Waals surface area (Å²) in [6.07, 6.45) is 6.99. The fourth-order valence-electron chi connectivity index (χ4n) is 2.66. The monoisotopic (exact) mass is 310 g/mol. The van der Waals surface area contributed by atoms with Gasteiger partial charge in [-0.2, -0.15) is 0 Å². The molecule has 1 heterocycles. The molecule has 3 rings (SSSR count). The van der Waals surface area contributed by atoms with Crippen LogP contribution in [0.15, 0.2) is 53.7 Å². The molecular weight excluding hydrogens is 288 g/mol. The minimum atomic E-state index is 0.356. The highest BCUT2D eigenvalue weighted by Gasteiger charge is 2.16. The van der Waals surface area contributed by atoms with Gasteiger partial charge in [0.05, 0.1) is 12.6 Å². The van der Waals surface area contributed by atoms with Crippen molar-refractivity contribution in [3.05, 3.63) is 54.2 Å². The van der Waals surface area contributed by atoms with Crippen LogP contribution >= 0.6 is 0 Å². The summed E-state index contributed by atoms with van der Waals surface area (Å²) < 4.78 is 5.95. The van der Waals surface area contributed by atoms with Gasteiger partial charge in [-0.05, 0) is 55.5 Å². The Morgan fingerprint density at radius 3 is 2.65 bits per heavy atom. The molecule has 0 bridgehead atoms. The highest BCUT2D eigenvalue weighted by molar-refractivity contribution is 5.91. The number of nitrogens with two attached hydrogens (primary N) is 1. The number of aromatic nitrogens is 1. The third-order valence-corrected chi connectivity index (χ3v) is 3.88. The normalized spacial score (nSPS) is 15.6. The molecular formula is C18H22N4O. The number of anilines is 1. The van der Waals surface area contributed by atoms with Gasteiger partial charge in [-0.3, -0.25) is 0 Å². The van der Waals surface area contributed by atoms with E-state index < -0.39 is 0 Å². The van der Waals surface area contributed by atoms with Crippen LogP contribution in [-0.2, 0) is 6.54 Å². The zero-order valence-electron chi connectivity index (χ0n) is 13.1. The van der Waals surface area contributed by atoms with Crippen molar-refractivity contribution in [2.24, 2.45) is 10.7 Å². The molecule has 5 nitrogen and oxygen atoms in total. The van der Waals surface area contributed by atoms with Crippen LogP contribution in [0.2, 0.25) is 0 Å². The lowest BCUT2D eigenvalue weighted by atomic mass is 10.2. The van der Waals surface area contributed by atoms with E-state index in [9.17, 15) is 0 Å². The van der Waals surface area contributed by atoms with E-state index in [-0.39, 0.29) is 0 Å². The average Bonchev–Trinajstić information content (AvgIpc) is 3.08. The predicted molar refractivity (Wildman–Crippen MR) is 92.5 cm³/mol. The molecule has 1 aromatic carbocycles. The lowest BCUT2D eigenvalue weighted by Crippen LogP contribution is -2.23. The molecule has 5 heteroatoms. The van der Waals surface area contributed by atoms with Gasteiger partial charge in [-0.1, -0.05) is 18.2 Å². The first-order chi connectivity index (χ1) is 11.3. The molecule has 120 valence electrons. The van der Waals surface area contributed by atoms with Crippen LogP contribution in [0.25, 0.3) is 0 Å². The van der Waals surface area contributed by atoms with Crippen LogP contribution in [0.3, 0.4) is 0 Å². The predicted octanol–water partition coefficient (Wildman–Crippen LogP) is 3.33. The number of guanidine groups is 1.